The van der Waals surface area contributed by atoms with Crippen LogP contribution in [0.4, 0.5) is 0 Å². The standard InChI is InChI=1S/C29H40N4O2/c1-7-8-21(18-31-5)15-20(4)22-9-10-23-17-28(13-11-24(35-6)12-14-28)29(25(23)16-22)26(34)33(19(2)3)27(30)32-29/h9-10,15-16,18-19,24H,5,7-8,11-14,17H2,1-4,6H3,(H2,30,32)/b20-15+,21-18-. The van der Waals surface area contributed by atoms with E-state index in [9.17, 15) is 4.79 Å². The van der Waals surface area contributed by atoms with E-state index in [1.807, 2.05) is 20.0 Å². The number of aliphatic imine (C=N–C) groups is 2. The van der Waals surface area contributed by atoms with Crippen molar-refractivity contribution in [1.29, 1.82) is 0 Å². The SMILES string of the molecule is C=N/C=C(\C=C(/C)c1ccc2c(c1)C1(N=C(N)N(C(C)C)C1=O)C1(CCC(OC)CC1)C2)CCC. The maximum Gasteiger partial charge on any atom is 0.262 e. The molecule has 1 unspecified atom stereocenters. The molecule has 0 radical (unpaired) electrons. The molecule has 1 aliphatic heterocycles. The molecule has 2 aliphatic carbocycles. The number of amides is 1. The number of carbonyl (C=O) groups excluding carboxylic acids is 1. The van der Waals surface area contributed by atoms with Crippen LogP contribution in [0.2, 0.25) is 0 Å². The van der Waals surface area contributed by atoms with E-state index in [0.29, 0.717) is 5.96 Å². The van der Waals surface area contributed by atoms with E-state index in [2.05, 4.69) is 49.8 Å². The van der Waals surface area contributed by atoms with Crippen molar-refractivity contribution in [2.75, 3.05) is 7.11 Å². The summed E-state index contributed by atoms with van der Waals surface area (Å²) in [5.74, 6) is 0.370. The summed E-state index contributed by atoms with van der Waals surface area (Å²) in [5, 5.41) is 0. The number of rotatable bonds is 7. The van der Waals surface area contributed by atoms with E-state index in [-0.39, 0.29) is 23.5 Å². The fourth-order valence-electron chi connectivity index (χ4n) is 6.52. The highest BCUT2D eigenvalue weighted by atomic mass is 16.5. The zero-order chi connectivity index (χ0) is 25.4. The van der Waals surface area contributed by atoms with Gasteiger partial charge in [0.2, 0.25) is 0 Å². The summed E-state index contributed by atoms with van der Waals surface area (Å²) in [4.78, 5) is 25.0. The molecule has 0 aromatic heterocycles. The van der Waals surface area contributed by atoms with Crippen LogP contribution in [0.15, 0.2) is 46.0 Å². The van der Waals surface area contributed by atoms with Gasteiger partial charge in [0, 0.05) is 24.8 Å². The van der Waals surface area contributed by atoms with Crippen LogP contribution in [-0.4, -0.2) is 42.7 Å². The summed E-state index contributed by atoms with van der Waals surface area (Å²) in [5.41, 5.74) is 10.8. The topological polar surface area (TPSA) is 80.3 Å². The number of guanidine groups is 1. The summed E-state index contributed by atoms with van der Waals surface area (Å²) >= 11 is 0. The zero-order valence-corrected chi connectivity index (χ0v) is 21.9. The third kappa shape index (κ3) is 4.06. The average Bonchev–Trinajstić information content (AvgIpc) is 3.25. The molecule has 1 atom stereocenters. The molecular formula is C29H40N4O2. The first-order valence-electron chi connectivity index (χ1n) is 12.9. The van der Waals surface area contributed by atoms with Crippen molar-refractivity contribution in [3.8, 4) is 0 Å². The van der Waals surface area contributed by atoms with Crippen LogP contribution < -0.4 is 5.73 Å². The van der Waals surface area contributed by atoms with Gasteiger partial charge in [0.1, 0.15) is 0 Å². The van der Waals surface area contributed by atoms with Gasteiger partial charge in [-0.15, -0.1) is 0 Å². The molecule has 1 aromatic carbocycles. The molecule has 1 heterocycles. The molecule has 6 nitrogen and oxygen atoms in total. The monoisotopic (exact) mass is 476 g/mol. The molecule has 1 amide bonds. The predicted molar refractivity (Wildman–Crippen MR) is 143 cm³/mol. The van der Waals surface area contributed by atoms with Crippen LogP contribution in [0.3, 0.4) is 0 Å². The molecule has 35 heavy (non-hydrogen) atoms. The highest BCUT2D eigenvalue weighted by molar-refractivity contribution is 6.08. The van der Waals surface area contributed by atoms with Gasteiger partial charge in [-0.1, -0.05) is 31.6 Å². The predicted octanol–water partition coefficient (Wildman–Crippen LogP) is 5.37. The molecule has 2 N–H and O–H groups in total. The van der Waals surface area contributed by atoms with Gasteiger partial charge in [-0.05, 0) is 99.9 Å². The quantitative estimate of drug-likeness (QED) is 0.425. The zero-order valence-electron chi connectivity index (χ0n) is 21.9. The normalized spacial score (nSPS) is 28.9. The Labute approximate surface area is 210 Å². The fourth-order valence-corrected chi connectivity index (χ4v) is 6.52. The number of carbonyl (C=O) groups is 1. The van der Waals surface area contributed by atoms with Gasteiger partial charge in [0.15, 0.2) is 11.5 Å². The first-order chi connectivity index (χ1) is 16.7. The molecule has 4 rings (SSSR count). The summed E-state index contributed by atoms with van der Waals surface area (Å²) in [6, 6.07) is 6.53. The lowest BCUT2D eigenvalue weighted by atomic mass is 9.61. The van der Waals surface area contributed by atoms with Crippen molar-refractivity contribution in [2.24, 2.45) is 21.1 Å². The van der Waals surface area contributed by atoms with Crippen LogP contribution in [0.5, 0.6) is 0 Å². The molecular weight excluding hydrogens is 436 g/mol. The van der Waals surface area contributed by atoms with Crippen molar-refractivity contribution in [2.45, 2.75) is 90.3 Å². The summed E-state index contributed by atoms with van der Waals surface area (Å²) < 4.78 is 5.68. The average molecular weight is 477 g/mol. The first-order valence-corrected chi connectivity index (χ1v) is 12.9. The molecule has 0 bridgehead atoms. The van der Waals surface area contributed by atoms with Crippen molar-refractivity contribution < 1.29 is 9.53 Å². The lowest BCUT2D eigenvalue weighted by Crippen LogP contribution is -2.53. The Hall–Kier alpha value is -2.73. The smallest absolute Gasteiger partial charge is 0.262 e. The summed E-state index contributed by atoms with van der Waals surface area (Å²) in [6.45, 7) is 11.9. The van der Waals surface area contributed by atoms with E-state index in [1.165, 1.54) is 5.56 Å². The van der Waals surface area contributed by atoms with Crippen molar-refractivity contribution in [1.82, 2.24) is 4.90 Å². The number of ether oxygens (including phenoxy) is 1. The number of allylic oxidation sites excluding steroid dienone is 3. The second-order valence-corrected chi connectivity index (χ2v) is 10.7. The first kappa shape index (κ1) is 25.4. The minimum Gasteiger partial charge on any atom is -0.381 e. The van der Waals surface area contributed by atoms with E-state index >= 15 is 0 Å². The van der Waals surface area contributed by atoms with Crippen molar-refractivity contribution in [3.05, 3.63) is 52.7 Å². The molecule has 1 fully saturated rings. The highest BCUT2D eigenvalue weighted by Crippen LogP contribution is 2.62. The number of nitrogens with zero attached hydrogens (tertiary/aromatic N) is 3. The number of hydrogen-bond donors (Lipinski definition) is 1. The van der Waals surface area contributed by atoms with Crippen molar-refractivity contribution >= 4 is 24.2 Å². The Bertz CT molecular complexity index is 1090. The number of hydrogen-bond acceptors (Lipinski definition) is 5. The van der Waals surface area contributed by atoms with Gasteiger partial charge < -0.3 is 10.5 Å². The maximum absolute atomic E-state index is 14.3. The Morgan fingerprint density at radius 3 is 2.66 bits per heavy atom. The van der Waals surface area contributed by atoms with E-state index < -0.39 is 5.54 Å². The molecule has 188 valence electrons. The van der Waals surface area contributed by atoms with E-state index in [1.54, 1.807) is 12.0 Å². The van der Waals surface area contributed by atoms with Gasteiger partial charge in [0.05, 0.1) is 6.10 Å². The largest absolute Gasteiger partial charge is 0.381 e. The maximum atomic E-state index is 14.3. The Balaban J connectivity index is 1.84. The Kier molecular flexibility index (Phi) is 7.05. The minimum atomic E-state index is -0.962. The van der Waals surface area contributed by atoms with E-state index in [0.717, 1.165) is 67.2 Å². The second kappa shape index (κ2) is 9.73. The molecule has 3 aliphatic rings. The number of nitrogens with two attached hydrogens (primary N) is 1. The third-order valence-electron chi connectivity index (χ3n) is 8.25. The number of fused-ring (bicyclic) bond motifs is 3. The summed E-state index contributed by atoms with van der Waals surface area (Å²) in [6.07, 6.45) is 10.7. The van der Waals surface area contributed by atoms with Gasteiger partial charge in [-0.3, -0.25) is 14.7 Å². The van der Waals surface area contributed by atoms with E-state index in [4.69, 9.17) is 15.5 Å². The Morgan fingerprint density at radius 1 is 1.37 bits per heavy atom. The number of methoxy groups -OCH3 is 1. The van der Waals surface area contributed by atoms with Gasteiger partial charge >= 0.3 is 0 Å². The van der Waals surface area contributed by atoms with Gasteiger partial charge in [-0.25, -0.2) is 4.99 Å². The van der Waals surface area contributed by atoms with Crippen LogP contribution >= 0.6 is 0 Å². The third-order valence-corrected chi connectivity index (χ3v) is 8.25. The van der Waals surface area contributed by atoms with Gasteiger partial charge in [0.25, 0.3) is 5.91 Å². The van der Waals surface area contributed by atoms with Crippen LogP contribution in [0.1, 0.15) is 82.9 Å². The minimum absolute atomic E-state index is 0.0285. The van der Waals surface area contributed by atoms with Crippen LogP contribution in [0.25, 0.3) is 5.57 Å². The highest BCUT2D eigenvalue weighted by Gasteiger charge is 2.66. The molecule has 1 aromatic rings. The molecule has 1 saturated carbocycles. The molecule has 0 saturated heterocycles. The fraction of sp³-hybridized carbons (Fsp3) is 0.552. The number of benzene rings is 1. The molecule has 6 heteroatoms. The van der Waals surface area contributed by atoms with Crippen LogP contribution in [0, 0.1) is 5.41 Å². The summed E-state index contributed by atoms with van der Waals surface area (Å²) in [7, 11) is 1.78. The molecule has 2 spiro atoms. The second-order valence-electron chi connectivity index (χ2n) is 10.7. The van der Waals surface area contributed by atoms with Gasteiger partial charge in [-0.2, -0.15) is 0 Å². The van der Waals surface area contributed by atoms with Crippen molar-refractivity contribution in [3.63, 3.8) is 0 Å². The lowest BCUT2D eigenvalue weighted by molar-refractivity contribution is -0.139. The van der Waals surface area contributed by atoms with Crippen LogP contribution in [-0.2, 0) is 21.5 Å². The Morgan fingerprint density at radius 2 is 2.09 bits per heavy atom. The lowest BCUT2D eigenvalue weighted by Gasteiger charge is -2.45.